The van der Waals surface area contributed by atoms with Crippen molar-refractivity contribution in [2.24, 2.45) is 5.92 Å². The van der Waals surface area contributed by atoms with Gasteiger partial charge in [0, 0.05) is 44.7 Å². The molecule has 7 nitrogen and oxygen atoms in total. The summed E-state index contributed by atoms with van der Waals surface area (Å²) in [6.45, 7) is 7.05. The maximum atomic E-state index is 12.5. The minimum atomic E-state index is 0.00672. The molecule has 1 aliphatic carbocycles. The van der Waals surface area contributed by atoms with E-state index in [0.29, 0.717) is 30.1 Å². The molecule has 2 atom stereocenters. The van der Waals surface area contributed by atoms with Gasteiger partial charge in [-0.1, -0.05) is 18.1 Å². The first-order chi connectivity index (χ1) is 14.6. The maximum absolute atomic E-state index is 12.5. The molecule has 1 aromatic carbocycles. The smallest absolute Gasteiger partial charge is 0.198 e. The number of Topliss-reactive ketones (excluding diaryl/α,β-unsaturated/α-hetero) is 1. The highest BCUT2D eigenvalue weighted by atomic mass is 16.5. The fourth-order valence-corrected chi connectivity index (χ4v) is 4.52. The molecule has 2 aromatic rings. The Kier molecular flexibility index (Phi) is 5.25. The summed E-state index contributed by atoms with van der Waals surface area (Å²) in [5, 5.41) is 7.41. The molecule has 1 aromatic heterocycles. The van der Waals surface area contributed by atoms with Gasteiger partial charge in [-0.05, 0) is 36.5 Å². The number of likely N-dealkylation sites (tertiary alicyclic amines) is 1. The Morgan fingerprint density at radius 1 is 1.27 bits per heavy atom. The Labute approximate surface area is 177 Å². The second-order valence-electron chi connectivity index (χ2n) is 9.04. The van der Waals surface area contributed by atoms with Crippen LogP contribution in [0.2, 0.25) is 0 Å². The second kappa shape index (κ2) is 8.04. The summed E-state index contributed by atoms with van der Waals surface area (Å²) in [5.41, 5.74) is 2.88. The fourth-order valence-electron chi connectivity index (χ4n) is 4.52. The van der Waals surface area contributed by atoms with E-state index in [4.69, 9.17) is 9.26 Å². The van der Waals surface area contributed by atoms with E-state index in [0.717, 1.165) is 62.8 Å². The van der Waals surface area contributed by atoms with Gasteiger partial charge in [0.2, 0.25) is 0 Å². The number of carbonyl (C=O) groups excluding carboxylic acids is 1. The largest absolute Gasteiger partial charge is 0.490 e. The van der Waals surface area contributed by atoms with Crippen LogP contribution in [-0.4, -0.2) is 61.7 Å². The third kappa shape index (κ3) is 4.09. The number of rotatable bonds is 7. The van der Waals surface area contributed by atoms with Gasteiger partial charge in [0.05, 0.1) is 18.8 Å². The van der Waals surface area contributed by atoms with Crippen LogP contribution < -0.4 is 15.0 Å². The number of ketones is 1. The molecule has 3 aliphatic rings. The third-order valence-corrected chi connectivity index (χ3v) is 6.53. The number of benzene rings is 1. The van der Waals surface area contributed by atoms with E-state index in [1.54, 1.807) is 0 Å². The lowest BCUT2D eigenvalue weighted by Crippen LogP contribution is -2.38. The molecule has 3 heterocycles. The molecule has 0 radical (unpaired) electrons. The highest BCUT2D eigenvalue weighted by Crippen LogP contribution is 2.40. The van der Waals surface area contributed by atoms with E-state index in [1.807, 2.05) is 6.07 Å². The van der Waals surface area contributed by atoms with Gasteiger partial charge in [0.25, 0.3) is 0 Å². The quantitative estimate of drug-likeness (QED) is 0.704. The minimum absolute atomic E-state index is 0.00672. The van der Waals surface area contributed by atoms with Crippen molar-refractivity contribution in [1.82, 2.24) is 15.4 Å². The summed E-state index contributed by atoms with van der Waals surface area (Å²) in [6, 6.07) is 8.64. The Bertz CT molecular complexity index is 923. The first-order valence-electron chi connectivity index (χ1n) is 11.0. The zero-order chi connectivity index (χ0) is 20.7. The van der Waals surface area contributed by atoms with Crippen molar-refractivity contribution in [2.45, 2.75) is 38.3 Å². The molecule has 2 aliphatic heterocycles. The average Bonchev–Trinajstić information content (AvgIpc) is 3.36. The number of likely N-dealkylation sites (N-methyl/N-ethyl adjacent to an activating group) is 1. The molecule has 7 heteroatoms. The van der Waals surface area contributed by atoms with Crippen LogP contribution in [0.5, 0.6) is 5.75 Å². The zero-order valence-corrected chi connectivity index (χ0v) is 17.8. The van der Waals surface area contributed by atoms with Crippen molar-refractivity contribution in [3.05, 3.63) is 41.3 Å². The van der Waals surface area contributed by atoms with Crippen molar-refractivity contribution >= 4 is 11.5 Å². The van der Waals surface area contributed by atoms with Gasteiger partial charge in [-0.3, -0.25) is 9.69 Å². The molecule has 5 rings (SSSR count). The Morgan fingerprint density at radius 2 is 2.13 bits per heavy atom. The number of nitrogens with one attached hydrogen (secondary N) is 1. The van der Waals surface area contributed by atoms with E-state index in [9.17, 15) is 4.79 Å². The van der Waals surface area contributed by atoms with Crippen LogP contribution in [0.1, 0.15) is 47.5 Å². The Balaban J connectivity index is 1.14. The molecular formula is C23H30N4O3. The van der Waals surface area contributed by atoms with Gasteiger partial charge in [-0.15, -0.1) is 0 Å². The van der Waals surface area contributed by atoms with E-state index < -0.39 is 0 Å². The van der Waals surface area contributed by atoms with Crippen LogP contribution in [0.25, 0.3) is 0 Å². The van der Waals surface area contributed by atoms with Gasteiger partial charge in [0.15, 0.2) is 11.5 Å². The molecule has 1 saturated carbocycles. The second-order valence-corrected chi connectivity index (χ2v) is 9.04. The lowest BCUT2D eigenvalue weighted by Gasteiger charge is -2.28. The Hall–Kier alpha value is -2.38. The number of fused-ring (bicyclic) bond motifs is 1. The first-order valence-corrected chi connectivity index (χ1v) is 11.0. The molecule has 0 bridgehead atoms. The highest BCUT2D eigenvalue weighted by molar-refractivity contribution is 5.95. The van der Waals surface area contributed by atoms with Gasteiger partial charge in [-0.2, -0.15) is 0 Å². The van der Waals surface area contributed by atoms with Crippen LogP contribution in [0.15, 0.2) is 28.8 Å². The lowest BCUT2D eigenvalue weighted by atomic mass is 10.1. The predicted molar refractivity (Wildman–Crippen MR) is 114 cm³/mol. The summed E-state index contributed by atoms with van der Waals surface area (Å²) >= 11 is 0. The van der Waals surface area contributed by atoms with Crippen LogP contribution in [0.4, 0.5) is 5.69 Å². The predicted octanol–water partition coefficient (Wildman–Crippen LogP) is 2.67. The van der Waals surface area contributed by atoms with Crippen LogP contribution in [0.3, 0.4) is 0 Å². The number of hydrogen-bond acceptors (Lipinski definition) is 7. The SMILES string of the molecule is C[C@H]1CN(Cc2ccc3c(c2)OCCN3C)C[C@H]1NCC(=O)c1cc(C2CC2)on1. The summed E-state index contributed by atoms with van der Waals surface area (Å²) in [5.74, 6) is 2.81. The summed E-state index contributed by atoms with van der Waals surface area (Å²) < 4.78 is 11.2. The van der Waals surface area contributed by atoms with Gasteiger partial charge >= 0.3 is 0 Å². The number of ether oxygens (including phenoxy) is 1. The van der Waals surface area contributed by atoms with Crippen molar-refractivity contribution in [2.75, 3.05) is 44.7 Å². The third-order valence-electron chi connectivity index (χ3n) is 6.53. The molecule has 2 fully saturated rings. The van der Waals surface area contributed by atoms with Crippen molar-refractivity contribution in [3.63, 3.8) is 0 Å². The maximum Gasteiger partial charge on any atom is 0.198 e. The molecule has 160 valence electrons. The van der Waals surface area contributed by atoms with E-state index in [1.165, 1.54) is 5.56 Å². The average molecular weight is 411 g/mol. The van der Waals surface area contributed by atoms with E-state index >= 15 is 0 Å². The number of nitrogens with zero attached hydrogens (tertiary/aromatic N) is 3. The van der Waals surface area contributed by atoms with Gasteiger partial charge in [0.1, 0.15) is 18.1 Å². The fraction of sp³-hybridized carbons (Fsp3) is 0.565. The number of aromatic nitrogens is 1. The molecule has 0 unspecified atom stereocenters. The van der Waals surface area contributed by atoms with Gasteiger partial charge < -0.3 is 19.5 Å². The lowest BCUT2D eigenvalue weighted by molar-refractivity contribution is 0.0977. The first kappa shape index (κ1) is 19.6. The minimum Gasteiger partial charge on any atom is -0.490 e. The molecule has 0 spiro atoms. The summed E-state index contributed by atoms with van der Waals surface area (Å²) in [7, 11) is 2.10. The number of anilines is 1. The standard InChI is InChI=1S/C23H30N4O3/c1-15-12-27(13-16-3-6-20-23(9-16)29-8-7-26(20)2)14-19(15)24-11-21(28)18-10-22(30-25-18)17-4-5-17/h3,6,9-10,15,17,19,24H,4-5,7-8,11-14H2,1-2H3/t15-,19+/m0/s1. The topological polar surface area (TPSA) is 70.8 Å². The number of hydrogen-bond donors (Lipinski definition) is 1. The van der Waals surface area contributed by atoms with Crippen LogP contribution >= 0.6 is 0 Å². The molecule has 1 N–H and O–H groups in total. The van der Waals surface area contributed by atoms with Crippen LogP contribution in [-0.2, 0) is 6.54 Å². The number of carbonyl (C=O) groups is 1. The van der Waals surface area contributed by atoms with Crippen LogP contribution in [0, 0.1) is 5.92 Å². The van der Waals surface area contributed by atoms with Crippen molar-refractivity contribution in [3.8, 4) is 5.75 Å². The zero-order valence-electron chi connectivity index (χ0n) is 17.8. The normalized spacial score (nSPS) is 24.0. The highest BCUT2D eigenvalue weighted by Gasteiger charge is 2.31. The molecule has 0 amide bonds. The Morgan fingerprint density at radius 3 is 2.97 bits per heavy atom. The van der Waals surface area contributed by atoms with E-state index in [2.05, 4.69) is 52.4 Å². The van der Waals surface area contributed by atoms with Gasteiger partial charge in [-0.25, -0.2) is 0 Å². The molecular weight excluding hydrogens is 380 g/mol. The van der Waals surface area contributed by atoms with E-state index in [-0.39, 0.29) is 5.78 Å². The monoisotopic (exact) mass is 410 g/mol. The molecule has 30 heavy (non-hydrogen) atoms. The summed E-state index contributed by atoms with van der Waals surface area (Å²) in [6.07, 6.45) is 2.28. The molecule has 1 saturated heterocycles. The van der Waals surface area contributed by atoms with Crippen molar-refractivity contribution < 1.29 is 14.1 Å². The summed E-state index contributed by atoms with van der Waals surface area (Å²) in [4.78, 5) is 17.2. The van der Waals surface area contributed by atoms with Crippen molar-refractivity contribution in [1.29, 1.82) is 0 Å².